The van der Waals surface area contributed by atoms with Crippen LogP contribution in [0.1, 0.15) is 42.6 Å². The molecule has 0 aliphatic heterocycles. The van der Waals surface area contributed by atoms with Crippen molar-refractivity contribution in [2.75, 3.05) is 27.2 Å². The van der Waals surface area contributed by atoms with Crippen molar-refractivity contribution < 1.29 is 5.11 Å². The van der Waals surface area contributed by atoms with Gasteiger partial charge < -0.3 is 15.3 Å². The normalized spacial score (nSPS) is 17.9. The van der Waals surface area contributed by atoms with E-state index in [4.69, 9.17) is 0 Å². The van der Waals surface area contributed by atoms with E-state index in [0.29, 0.717) is 0 Å². The molecule has 3 nitrogen and oxygen atoms in total. The van der Waals surface area contributed by atoms with Gasteiger partial charge in [0.15, 0.2) is 0 Å². The average molecular weight is 276 g/mol. The molecule has 20 heavy (non-hydrogen) atoms. The maximum Gasteiger partial charge on any atom is 0.0940 e. The molecule has 1 aliphatic rings. The second kappa shape index (κ2) is 7.21. The average Bonchev–Trinajstić information content (AvgIpc) is 2.45. The Balaban J connectivity index is 1.95. The Labute approximate surface area is 123 Å². The number of aryl methyl sites for hydroxylation is 2. The van der Waals surface area contributed by atoms with Gasteiger partial charge in [-0.1, -0.05) is 18.2 Å². The van der Waals surface area contributed by atoms with Gasteiger partial charge in [0.1, 0.15) is 0 Å². The first-order chi connectivity index (χ1) is 9.58. The van der Waals surface area contributed by atoms with Gasteiger partial charge in [0.25, 0.3) is 0 Å². The summed E-state index contributed by atoms with van der Waals surface area (Å²) < 4.78 is 0. The first-order valence-corrected chi connectivity index (χ1v) is 7.76. The topological polar surface area (TPSA) is 35.5 Å². The number of hydrogen-bond acceptors (Lipinski definition) is 3. The third kappa shape index (κ3) is 4.05. The molecule has 1 aliphatic carbocycles. The van der Waals surface area contributed by atoms with E-state index in [1.165, 1.54) is 36.8 Å². The van der Waals surface area contributed by atoms with Crippen LogP contribution >= 0.6 is 0 Å². The van der Waals surface area contributed by atoms with Crippen molar-refractivity contribution in [2.24, 2.45) is 0 Å². The van der Waals surface area contributed by atoms with Gasteiger partial charge in [-0.3, -0.25) is 0 Å². The highest BCUT2D eigenvalue weighted by Crippen LogP contribution is 2.26. The molecule has 0 aromatic heterocycles. The minimum atomic E-state index is -0.426. The van der Waals surface area contributed by atoms with Gasteiger partial charge in [-0.25, -0.2) is 0 Å². The quantitative estimate of drug-likeness (QED) is 0.835. The lowest BCUT2D eigenvalue weighted by molar-refractivity contribution is 0.135. The predicted octanol–water partition coefficient (Wildman–Crippen LogP) is 2.14. The zero-order valence-corrected chi connectivity index (χ0v) is 13.0. The van der Waals surface area contributed by atoms with Gasteiger partial charge in [-0.2, -0.15) is 0 Å². The molecule has 0 saturated heterocycles. The number of nitrogens with zero attached hydrogens (tertiary/aromatic N) is 1. The van der Waals surface area contributed by atoms with E-state index in [0.717, 1.165) is 18.7 Å². The molecule has 0 saturated carbocycles. The van der Waals surface area contributed by atoms with Crippen molar-refractivity contribution in [3.05, 3.63) is 34.9 Å². The van der Waals surface area contributed by atoms with E-state index in [2.05, 4.69) is 49.4 Å². The maximum absolute atomic E-state index is 10.5. The van der Waals surface area contributed by atoms with E-state index in [1.54, 1.807) is 0 Å². The smallest absolute Gasteiger partial charge is 0.0940 e. The van der Waals surface area contributed by atoms with Gasteiger partial charge >= 0.3 is 0 Å². The summed E-state index contributed by atoms with van der Waals surface area (Å²) in [5.41, 5.74) is 3.96. The molecule has 1 aromatic rings. The molecule has 1 aromatic carbocycles. The van der Waals surface area contributed by atoms with E-state index >= 15 is 0 Å². The van der Waals surface area contributed by atoms with E-state index < -0.39 is 6.10 Å². The molecule has 0 radical (unpaired) electrons. The highest BCUT2D eigenvalue weighted by atomic mass is 16.3. The van der Waals surface area contributed by atoms with Crippen LogP contribution in [0.3, 0.4) is 0 Å². The fourth-order valence-corrected chi connectivity index (χ4v) is 2.85. The third-order valence-electron chi connectivity index (χ3n) is 4.21. The monoisotopic (exact) mass is 276 g/mol. The van der Waals surface area contributed by atoms with Gasteiger partial charge in [-0.05, 0) is 63.4 Å². The lowest BCUT2D eigenvalue weighted by Gasteiger charge is -2.24. The summed E-state index contributed by atoms with van der Waals surface area (Å²) in [6.07, 6.45) is 4.52. The molecule has 0 amide bonds. The zero-order chi connectivity index (χ0) is 14.5. The number of hydrogen-bond donors (Lipinski definition) is 2. The summed E-state index contributed by atoms with van der Waals surface area (Å²) in [6, 6.07) is 6.60. The SMILES string of the molecule is CC(NCCN(C)C)C(O)c1ccc2c(c1)CCCC2. The van der Waals surface area contributed by atoms with Gasteiger partial charge in [0.05, 0.1) is 6.10 Å². The lowest BCUT2D eigenvalue weighted by Crippen LogP contribution is -2.36. The Bertz CT molecular complexity index is 431. The summed E-state index contributed by atoms with van der Waals surface area (Å²) in [6.45, 7) is 3.94. The number of rotatable bonds is 6. The van der Waals surface area contributed by atoms with Crippen LogP contribution in [0, 0.1) is 0 Å². The van der Waals surface area contributed by atoms with Gasteiger partial charge in [0, 0.05) is 19.1 Å². The first-order valence-electron chi connectivity index (χ1n) is 7.76. The zero-order valence-electron chi connectivity index (χ0n) is 13.0. The molecule has 2 atom stereocenters. The van der Waals surface area contributed by atoms with Crippen LogP contribution in [0.2, 0.25) is 0 Å². The molecule has 0 fully saturated rings. The molecule has 0 heterocycles. The Kier molecular flexibility index (Phi) is 5.58. The van der Waals surface area contributed by atoms with Crippen molar-refractivity contribution in [1.82, 2.24) is 10.2 Å². The minimum Gasteiger partial charge on any atom is -0.387 e. The highest BCUT2D eigenvalue weighted by molar-refractivity contribution is 5.35. The molecule has 3 heteroatoms. The van der Waals surface area contributed by atoms with Gasteiger partial charge in [-0.15, -0.1) is 0 Å². The molecule has 2 unspecified atom stereocenters. The summed E-state index contributed by atoms with van der Waals surface area (Å²) >= 11 is 0. The molecule has 2 rings (SSSR count). The number of fused-ring (bicyclic) bond motifs is 1. The van der Waals surface area contributed by atoms with Gasteiger partial charge in [0.2, 0.25) is 0 Å². The largest absolute Gasteiger partial charge is 0.387 e. The van der Waals surface area contributed by atoms with E-state index in [-0.39, 0.29) is 6.04 Å². The number of benzene rings is 1. The highest BCUT2D eigenvalue weighted by Gasteiger charge is 2.18. The summed E-state index contributed by atoms with van der Waals surface area (Å²) in [5.74, 6) is 0. The fraction of sp³-hybridized carbons (Fsp3) is 0.647. The van der Waals surface area contributed by atoms with Crippen LogP contribution in [0.5, 0.6) is 0 Å². The van der Waals surface area contributed by atoms with Crippen LogP contribution in [0.4, 0.5) is 0 Å². The maximum atomic E-state index is 10.5. The van der Waals surface area contributed by atoms with Crippen LogP contribution in [0.15, 0.2) is 18.2 Å². The van der Waals surface area contributed by atoms with Crippen LogP contribution in [-0.2, 0) is 12.8 Å². The summed E-state index contributed by atoms with van der Waals surface area (Å²) in [4.78, 5) is 2.14. The van der Waals surface area contributed by atoms with Crippen LogP contribution in [-0.4, -0.2) is 43.2 Å². The minimum absolute atomic E-state index is 0.0802. The number of likely N-dealkylation sites (N-methyl/N-ethyl adjacent to an activating group) is 1. The molecule has 2 N–H and O–H groups in total. The molecular formula is C17H28N2O. The standard InChI is InChI=1S/C17H28N2O/c1-13(18-10-11-19(2)3)17(20)16-9-8-14-6-4-5-7-15(14)12-16/h8-9,12-13,17-18,20H,4-7,10-11H2,1-3H3. The molecule has 0 spiro atoms. The van der Waals surface area contributed by atoms with E-state index in [1.807, 2.05) is 0 Å². The van der Waals surface area contributed by atoms with E-state index in [9.17, 15) is 5.11 Å². The summed E-state index contributed by atoms with van der Waals surface area (Å²) in [7, 11) is 4.12. The van der Waals surface area contributed by atoms with Crippen LogP contribution < -0.4 is 5.32 Å². The Morgan fingerprint density at radius 2 is 1.90 bits per heavy atom. The second-order valence-electron chi connectivity index (χ2n) is 6.23. The van der Waals surface area contributed by atoms with Crippen molar-refractivity contribution in [3.63, 3.8) is 0 Å². The Hall–Kier alpha value is -0.900. The Morgan fingerprint density at radius 1 is 1.20 bits per heavy atom. The number of nitrogens with one attached hydrogen (secondary N) is 1. The molecule has 112 valence electrons. The van der Waals surface area contributed by atoms with Crippen LogP contribution in [0.25, 0.3) is 0 Å². The molecular weight excluding hydrogens is 248 g/mol. The fourth-order valence-electron chi connectivity index (χ4n) is 2.85. The van der Waals surface area contributed by atoms with Crippen molar-refractivity contribution in [2.45, 2.75) is 44.8 Å². The number of aliphatic hydroxyl groups is 1. The van der Waals surface area contributed by atoms with Crippen molar-refractivity contribution in [3.8, 4) is 0 Å². The predicted molar refractivity (Wildman–Crippen MR) is 84.1 cm³/mol. The first kappa shape index (κ1) is 15.5. The van der Waals surface area contributed by atoms with Crippen molar-refractivity contribution >= 4 is 0 Å². The van der Waals surface area contributed by atoms with Crippen molar-refractivity contribution in [1.29, 1.82) is 0 Å². The second-order valence-corrected chi connectivity index (χ2v) is 6.23. The third-order valence-corrected chi connectivity index (χ3v) is 4.21. The Morgan fingerprint density at radius 3 is 2.60 bits per heavy atom. The lowest BCUT2D eigenvalue weighted by atomic mass is 9.89. The molecule has 0 bridgehead atoms. The number of aliphatic hydroxyl groups excluding tert-OH is 1. The summed E-state index contributed by atoms with van der Waals surface area (Å²) in [5, 5.41) is 13.9.